The van der Waals surface area contributed by atoms with Crippen molar-refractivity contribution in [1.82, 2.24) is 14.8 Å². The van der Waals surface area contributed by atoms with E-state index in [0.29, 0.717) is 0 Å². The molecule has 0 radical (unpaired) electrons. The second kappa shape index (κ2) is 4.22. The standard InChI is InChI=1S/C14H11N3/c1-2-6-14-13(5-1)11-16-17(14)9-7-12-4-3-8-15-10-12/h1-11H. The highest BCUT2D eigenvalue weighted by Crippen LogP contribution is 2.13. The van der Waals surface area contributed by atoms with Gasteiger partial charge in [-0.1, -0.05) is 24.3 Å². The van der Waals surface area contributed by atoms with E-state index >= 15 is 0 Å². The van der Waals surface area contributed by atoms with Crippen molar-refractivity contribution in [1.29, 1.82) is 0 Å². The van der Waals surface area contributed by atoms with Crippen molar-refractivity contribution in [2.45, 2.75) is 0 Å². The summed E-state index contributed by atoms with van der Waals surface area (Å²) < 4.78 is 1.86. The van der Waals surface area contributed by atoms with Crippen molar-refractivity contribution in [3.8, 4) is 0 Å². The van der Waals surface area contributed by atoms with Gasteiger partial charge in [0.15, 0.2) is 0 Å². The number of rotatable bonds is 2. The Morgan fingerprint density at radius 2 is 1.94 bits per heavy atom. The summed E-state index contributed by atoms with van der Waals surface area (Å²) in [7, 11) is 0. The number of hydrogen-bond acceptors (Lipinski definition) is 2. The Kier molecular flexibility index (Phi) is 2.43. The SMILES string of the molecule is C(=Cn1ncc2ccccc21)c1cccnc1. The molecule has 82 valence electrons. The summed E-state index contributed by atoms with van der Waals surface area (Å²) in [6.45, 7) is 0. The van der Waals surface area contributed by atoms with Crippen molar-refractivity contribution < 1.29 is 0 Å². The largest absolute Gasteiger partial charge is 0.264 e. The first-order chi connectivity index (χ1) is 8.43. The Labute approximate surface area is 99.0 Å². The molecule has 3 aromatic rings. The van der Waals surface area contributed by atoms with Crippen LogP contribution in [0.15, 0.2) is 55.0 Å². The monoisotopic (exact) mass is 221 g/mol. The van der Waals surface area contributed by atoms with Gasteiger partial charge in [0.2, 0.25) is 0 Å². The van der Waals surface area contributed by atoms with E-state index < -0.39 is 0 Å². The quantitative estimate of drug-likeness (QED) is 0.665. The predicted molar refractivity (Wildman–Crippen MR) is 69.2 cm³/mol. The second-order valence-corrected chi connectivity index (χ2v) is 3.75. The Bertz CT molecular complexity index is 653. The van der Waals surface area contributed by atoms with Gasteiger partial charge in [0, 0.05) is 24.0 Å². The second-order valence-electron chi connectivity index (χ2n) is 3.75. The molecule has 0 saturated heterocycles. The zero-order chi connectivity index (χ0) is 11.5. The number of fused-ring (bicyclic) bond motifs is 1. The number of hydrogen-bond donors (Lipinski definition) is 0. The van der Waals surface area contributed by atoms with Gasteiger partial charge in [0.25, 0.3) is 0 Å². The van der Waals surface area contributed by atoms with Crippen molar-refractivity contribution >= 4 is 23.2 Å². The highest BCUT2D eigenvalue weighted by Gasteiger charge is 1.97. The van der Waals surface area contributed by atoms with Gasteiger partial charge in [-0.25, -0.2) is 4.68 Å². The maximum absolute atomic E-state index is 4.32. The molecule has 0 amide bonds. The number of para-hydroxylation sites is 1. The van der Waals surface area contributed by atoms with Gasteiger partial charge >= 0.3 is 0 Å². The lowest BCUT2D eigenvalue weighted by Crippen LogP contribution is -1.87. The highest BCUT2D eigenvalue weighted by atomic mass is 15.3. The van der Waals surface area contributed by atoms with Crippen LogP contribution in [0, 0.1) is 0 Å². The lowest BCUT2D eigenvalue weighted by molar-refractivity contribution is 0.969. The third kappa shape index (κ3) is 1.95. The molecule has 0 aliphatic heterocycles. The molecule has 2 heterocycles. The van der Waals surface area contributed by atoms with E-state index in [1.165, 1.54) is 0 Å². The van der Waals surface area contributed by atoms with Crippen LogP contribution in [0.3, 0.4) is 0 Å². The van der Waals surface area contributed by atoms with E-state index in [-0.39, 0.29) is 0 Å². The van der Waals surface area contributed by atoms with Gasteiger partial charge in [0.1, 0.15) is 0 Å². The highest BCUT2D eigenvalue weighted by molar-refractivity contribution is 5.81. The zero-order valence-electron chi connectivity index (χ0n) is 9.19. The van der Waals surface area contributed by atoms with Gasteiger partial charge in [-0.05, 0) is 23.8 Å². The molecule has 3 nitrogen and oxygen atoms in total. The Hall–Kier alpha value is -2.42. The van der Waals surface area contributed by atoms with Crippen LogP contribution in [-0.4, -0.2) is 14.8 Å². The molecule has 0 spiro atoms. The van der Waals surface area contributed by atoms with Crippen molar-refractivity contribution in [3.63, 3.8) is 0 Å². The lowest BCUT2D eigenvalue weighted by atomic mass is 10.2. The number of nitrogens with zero attached hydrogens (tertiary/aromatic N) is 3. The molecule has 2 aromatic heterocycles. The minimum Gasteiger partial charge on any atom is -0.264 e. The Morgan fingerprint density at radius 1 is 1.00 bits per heavy atom. The summed E-state index contributed by atoms with van der Waals surface area (Å²) in [5.74, 6) is 0. The van der Waals surface area contributed by atoms with Crippen LogP contribution in [0.4, 0.5) is 0 Å². The topological polar surface area (TPSA) is 30.7 Å². The average molecular weight is 221 g/mol. The first-order valence-corrected chi connectivity index (χ1v) is 5.44. The minimum atomic E-state index is 1.06. The third-order valence-corrected chi connectivity index (χ3v) is 2.60. The maximum atomic E-state index is 4.32. The van der Waals surface area contributed by atoms with Crippen molar-refractivity contribution in [2.24, 2.45) is 0 Å². The number of pyridine rings is 1. The Balaban J connectivity index is 1.98. The fourth-order valence-corrected chi connectivity index (χ4v) is 1.74. The van der Waals surface area contributed by atoms with Crippen LogP contribution in [-0.2, 0) is 0 Å². The van der Waals surface area contributed by atoms with Gasteiger partial charge < -0.3 is 0 Å². The Morgan fingerprint density at radius 3 is 2.82 bits per heavy atom. The molecule has 0 bridgehead atoms. The molecule has 0 aliphatic rings. The first-order valence-electron chi connectivity index (χ1n) is 5.44. The molecular weight excluding hydrogens is 210 g/mol. The summed E-state index contributed by atoms with van der Waals surface area (Å²) in [4.78, 5) is 4.07. The van der Waals surface area contributed by atoms with Gasteiger partial charge in [-0.3, -0.25) is 4.98 Å². The van der Waals surface area contributed by atoms with Crippen LogP contribution in [0.1, 0.15) is 5.56 Å². The number of aromatic nitrogens is 3. The zero-order valence-corrected chi connectivity index (χ0v) is 9.19. The van der Waals surface area contributed by atoms with Crippen molar-refractivity contribution in [2.75, 3.05) is 0 Å². The van der Waals surface area contributed by atoms with E-state index in [1.54, 1.807) is 6.20 Å². The molecule has 3 rings (SSSR count). The molecule has 17 heavy (non-hydrogen) atoms. The normalized spacial score (nSPS) is 11.3. The summed E-state index contributed by atoms with van der Waals surface area (Å²) in [6.07, 6.45) is 9.39. The van der Waals surface area contributed by atoms with E-state index in [2.05, 4.69) is 22.2 Å². The first kappa shape index (κ1) is 9.78. The predicted octanol–water partition coefficient (Wildman–Crippen LogP) is 3.06. The molecule has 3 heteroatoms. The fraction of sp³-hybridized carbons (Fsp3) is 0. The molecule has 0 aliphatic carbocycles. The van der Waals surface area contributed by atoms with Gasteiger partial charge in [0.05, 0.1) is 11.7 Å². The summed E-state index contributed by atoms with van der Waals surface area (Å²) >= 11 is 0. The van der Waals surface area contributed by atoms with Gasteiger partial charge in [-0.15, -0.1) is 0 Å². The van der Waals surface area contributed by atoms with E-state index in [0.717, 1.165) is 16.5 Å². The summed E-state index contributed by atoms with van der Waals surface area (Å²) in [5, 5.41) is 5.46. The molecule has 0 unspecified atom stereocenters. The molecule has 0 atom stereocenters. The smallest absolute Gasteiger partial charge is 0.0733 e. The van der Waals surface area contributed by atoms with Crippen LogP contribution >= 0.6 is 0 Å². The van der Waals surface area contributed by atoms with E-state index in [4.69, 9.17) is 0 Å². The minimum absolute atomic E-state index is 1.06. The molecule has 0 saturated carbocycles. The molecule has 1 aromatic carbocycles. The molecule has 0 fully saturated rings. The molecular formula is C14H11N3. The number of benzene rings is 1. The van der Waals surface area contributed by atoms with E-state index in [1.807, 2.05) is 53.6 Å². The lowest BCUT2D eigenvalue weighted by Gasteiger charge is -1.95. The van der Waals surface area contributed by atoms with Crippen LogP contribution in [0.2, 0.25) is 0 Å². The third-order valence-electron chi connectivity index (χ3n) is 2.60. The maximum Gasteiger partial charge on any atom is 0.0733 e. The van der Waals surface area contributed by atoms with E-state index in [9.17, 15) is 0 Å². The van der Waals surface area contributed by atoms with Crippen LogP contribution in [0.5, 0.6) is 0 Å². The fourth-order valence-electron chi connectivity index (χ4n) is 1.74. The van der Waals surface area contributed by atoms with Gasteiger partial charge in [-0.2, -0.15) is 5.10 Å². The average Bonchev–Trinajstić information content (AvgIpc) is 2.81. The van der Waals surface area contributed by atoms with Crippen LogP contribution < -0.4 is 0 Å². The summed E-state index contributed by atoms with van der Waals surface area (Å²) in [6, 6.07) is 12.1. The summed E-state index contributed by atoms with van der Waals surface area (Å²) in [5.41, 5.74) is 2.17. The van der Waals surface area contributed by atoms with Crippen molar-refractivity contribution in [3.05, 3.63) is 60.6 Å². The molecule has 0 N–H and O–H groups in total. The van der Waals surface area contributed by atoms with Crippen LogP contribution in [0.25, 0.3) is 23.2 Å².